The van der Waals surface area contributed by atoms with Crippen LogP contribution in [-0.4, -0.2) is 159 Å². The van der Waals surface area contributed by atoms with E-state index >= 15 is 0 Å². The van der Waals surface area contributed by atoms with Gasteiger partial charge in [0.15, 0.2) is 37.7 Å². The molecule has 3 fully saturated rings. The molecular weight excluding hydrogens is 1020 g/mol. The van der Waals surface area contributed by atoms with Crippen molar-refractivity contribution in [3.05, 3.63) is 12.7 Å². The molecule has 0 radical (unpaired) electrons. The molecule has 0 aromatic heterocycles. The van der Waals surface area contributed by atoms with Gasteiger partial charge in [-0.05, 0) is 83.2 Å². The second kappa shape index (κ2) is 62.0. The Bertz CT molecular complexity index is 1230. The second-order valence-corrected chi connectivity index (χ2v) is 15.5. The number of hydrogen-bond acceptors (Lipinski definition) is 18. The van der Waals surface area contributed by atoms with E-state index in [1.54, 1.807) is 19.4 Å². The minimum atomic E-state index is -1.34. The highest BCUT2D eigenvalue weighted by Gasteiger charge is 2.47. The SMILES string of the molecule is C=CC.CC.CCCC.CN.CN.CNC(=O)CCCCCO[C@H]1C(OF)C[C@@H](OC2O[C@H](OC)CC[C@@H]2OCCCCCC(=O)OF)OC1O[C@@H]1CC[C@H](OCCCCCC(=O)NCCF)C(O)O1.CP.CS. The molecule has 3 heterocycles. The summed E-state index contributed by atoms with van der Waals surface area (Å²) >= 11 is 3.53. The number of allylic oxidation sites excluding steroid dienone is 1. The molecule has 3 aliphatic rings. The van der Waals surface area contributed by atoms with Crippen LogP contribution < -0.4 is 22.1 Å². The number of amides is 2. The summed E-state index contributed by atoms with van der Waals surface area (Å²) < 4.78 is 92.2. The number of aliphatic hydroxyl groups is 1. The van der Waals surface area contributed by atoms with Crippen molar-refractivity contribution in [1.82, 2.24) is 10.6 Å². The van der Waals surface area contributed by atoms with Gasteiger partial charge >= 0.3 is 5.97 Å². The summed E-state index contributed by atoms with van der Waals surface area (Å²) in [5.74, 6) is -1.19. The normalized spacial score (nSPS) is 23.4. The van der Waals surface area contributed by atoms with Gasteiger partial charge in [-0.15, -0.1) is 15.8 Å². The number of ether oxygens (including phenoxy) is 9. The Morgan fingerprint density at radius 2 is 1.19 bits per heavy atom. The van der Waals surface area contributed by atoms with Gasteiger partial charge in [0.25, 0.3) is 0 Å². The molecule has 0 aromatic rings. The summed E-state index contributed by atoms with van der Waals surface area (Å²) in [5.41, 5.74) is 9.00. The van der Waals surface area contributed by atoms with E-state index in [2.05, 4.69) is 74.3 Å². The topological polar surface area (TPSA) is 249 Å². The number of methoxy groups -OCH3 is 1. The Morgan fingerprint density at radius 3 is 1.68 bits per heavy atom. The number of nitrogens with two attached hydrogens (primary N) is 2. The van der Waals surface area contributed by atoms with Crippen molar-refractivity contribution in [3.63, 3.8) is 0 Å². The van der Waals surface area contributed by atoms with Crippen molar-refractivity contribution in [1.29, 1.82) is 0 Å². The first-order valence-corrected chi connectivity index (χ1v) is 28.3. The Balaban J connectivity index is -0.000000831. The standard InChI is InChI=1S/C37H63F3N2O15.C4H10.C3H6.C2H6.2CH5N.CH5P.CH4S/c1-41-28(43)12-6-3-11-23-50-34-27(56-39)24-33(54-36-26(16-17-31(47-2)52-36)49-22-10-5-8-14-30(45)57-40)55-37(34)53-32-18-15-25(35(46)51-32)48-21-9-4-7-13-29(44)42-20-19-38;1-3-4-2;1-3-2;5*1-2/h25-27,31-37,46H,3-24H2,1-2H3,(H,41,43)(H,42,44);3-4H2,1-2H3;3H,1H2,2H3;1-2H3;3*2H2,1H3;2H,1H3/t25-,26-,27?,31-,32+,33-,34-,35?,36?,37?;;;;;;;/m0......./s1. The largest absolute Gasteiger partial charge is 0.373 e. The molecule has 0 aromatic carbocycles. The van der Waals surface area contributed by atoms with Gasteiger partial charge in [0.05, 0.1) is 0 Å². The molecule has 19 nitrogen and oxygen atoms in total. The number of hydrogen-bond donors (Lipinski definition) is 6. The van der Waals surface area contributed by atoms with Crippen LogP contribution in [0.5, 0.6) is 0 Å². The summed E-state index contributed by atoms with van der Waals surface area (Å²) in [7, 11) is 8.49. The van der Waals surface area contributed by atoms with E-state index in [-0.39, 0.29) is 37.8 Å². The Kier molecular flexibility index (Phi) is 68.0. The number of carbonyl (C=O) groups excluding carboxylic acids is 3. The lowest BCUT2D eigenvalue weighted by Gasteiger charge is -2.43. The molecule has 0 spiro atoms. The van der Waals surface area contributed by atoms with Crippen LogP contribution in [0.25, 0.3) is 0 Å². The minimum absolute atomic E-state index is 0.00369. The number of unbranched alkanes of at least 4 members (excludes halogenated alkanes) is 7. The number of carbonyl (C=O) groups is 3. The fraction of sp³-hybridized carbons (Fsp3) is 0.900. The van der Waals surface area contributed by atoms with Crippen LogP contribution in [0.3, 0.4) is 0 Å². The lowest BCUT2D eigenvalue weighted by molar-refractivity contribution is -0.415. The van der Waals surface area contributed by atoms with E-state index in [0.717, 1.165) is 0 Å². The third-order valence-electron chi connectivity index (χ3n) is 10.2. The third-order valence-corrected chi connectivity index (χ3v) is 10.2. The van der Waals surface area contributed by atoms with Crippen LogP contribution >= 0.6 is 21.9 Å². The van der Waals surface area contributed by atoms with Crippen LogP contribution in [0.4, 0.5) is 13.4 Å². The van der Waals surface area contributed by atoms with Crippen LogP contribution in [0.2, 0.25) is 0 Å². The summed E-state index contributed by atoms with van der Waals surface area (Å²) in [6.45, 7) is 15.7. The number of thiol groups is 1. The predicted octanol–water partition coefficient (Wildman–Crippen LogP) is 8.23. The number of nitrogens with one attached hydrogen (secondary N) is 2. The van der Waals surface area contributed by atoms with E-state index in [4.69, 9.17) is 42.6 Å². The number of aliphatic hydroxyl groups excluding tert-OH is 1. The lowest BCUT2D eigenvalue weighted by Crippen LogP contribution is -2.55. The maximum atomic E-state index is 14.3. The maximum absolute atomic E-state index is 14.3. The summed E-state index contributed by atoms with van der Waals surface area (Å²) in [5, 5.41) is 15.8. The molecule has 7 N–H and O–H groups in total. The molecule has 74 heavy (non-hydrogen) atoms. The van der Waals surface area contributed by atoms with E-state index in [9.17, 15) is 32.9 Å². The van der Waals surface area contributed by atoms with Gasteiger partial charge in [-0.1, -0.05) is 72.5 Å². The fourth-order valence-corrected chi connectivity index (χ4v) is 6.57. The zero-order valence-electron chi connectivity index (χ0n) is 47.0. The average Bonchev–Trinajstić information content (AvgIpc) is 3.44. The van der Waals surface area contributed by atoms with E-state index in [1.807, 2.05) is 27.4 Å². The third kappa shape index (κ3) is 43.2. The van der Waals surface area contributed by atoms with E-state index in [0.29, 0.717) is 110 Å². The van der Waals surface area contributed by atoms with Gasteiger partial charge in [0, 0.05) is 83.6 Å². The minimum Gasteiger partial charge on any atom is -0.373 e. The molecule has 3 rings (SSSR count). The van der Waals surface area contributed by atoms with Crippen LogP contribution in [0, 0.1) is 0 Å². The van der Waals surface area contributed by atoms with Gasteiger partial charge < -0.3 is 69.8 Å². The lowest BCUT2D eigenvalue weighted by atomic mass is 10.1. The molecule has 446 valence electrons. The first-order chi connectivity index (χ1) is 36.0. The van der Waals surface area contributed by atoms with Crippen LogP contribution in [0.1, 0.15) is 157 Å². The van der Waals surface area contributed by atoms with Gasteiger partial charge in [-0.3, -0.25) is 14.5 Å². The molecule has 0 saturated carbocycles. The molecule has 11 atom stereocenters. The highest BCUT2D eigenvalue weighted by molar-refractivity contribution is 7.79. The van der Waals surface area contributed by atoms with Gasteiger partial charge in [0.2, 0.25) is 11.8 Å². The summed E-state index contributed by atoms with van der Waals surface area (Å²) in [6, 6.07) is 0. The first-order valence-electron chi connectivity index (χ1n) is 26.2. The molecule has 0 bridgehead atoms. The van der Waals surface area contributed by atoms with Crippen molar-refractivity contribution < 1.29 is 85.4 Å². The molecule has 5 unspecified atom stereocenters. The van der Waals surface area contributed by atoms with E-state index in [1.165, 1.54) is 34.0 Å². The van der Waals surface area contributed by atoms with Crippen molar-refractivity contribution in [2.24, 2.45) is 11.5 Å². The second-order valence-electron chi connectivity index (χ2n) is 15.5. The zero-order chi connectivity index (χ0) is 57.4. The highest BCUT2D eigenvalue weighted by atomic mass is 32.1. The van der Waals surface area contributed by atoms with Crippen LogP contribution in [0.15, 0.2) is 12.7 Å². The number of halogens is 3. The van der Waals surface area contributed by atoms with Crippen molar-refractivity contribution >= 4 is 39.7 Å². The summed E-state index contributed by atoms with van der Waals surface area (Å²) in [6.07, 6.45) is 3.99. The quantitative estimate of drug-likeness (QED) is 0.0172. The molecule has 0 aliphatic carbocycles. The van der Waals surface area contributed by atoms with Crippen molar-refractivity contribution in [2.75, 3.05) is 74.2 Å². The monoisotopic (exact) mass is 1120 g/mol. The molecule has 24 heteroatoms. The summed E-state index contributed by atoms with van der Waals surface area (Å²) in [4.78, 5) is 41.8. The Hall–Kier alpha value is -1.80. The molecule has 3 aliphatic heterocycles. The molecule has 3 saturated heterocycles. The smallest absolute Gasteiger partial charge is 0.348 e. The van der Waals surface area contributed by atoms with Crippen molar-refractivity contribution in [2.45, 2.75) is 219 Å². The number of rotatable bonds is 30. The van der Waals surface area contributed by atoms with Gasteiger partial charge in [-0.25, -0.2) is 9.18 Å². The van der Waals surface area contributed by atoms with E-state index < -0.39 is 74.8 Å². The van der Waals surface area contributed by atoms with Gasteiger partial charge in [-0.2, -0.15) is 17.6 Å². The Labute approximate surface area is 451 Å². The van der Waals surface area contributed by atoms with Crippen molar-refractivity contribution in [3.8, 4) is 0 Å². The number of alkyl halides is 1. The zero-order valence-corrected chi connectivity index (χ0v) is 49.1. The van der Waals surface area contributed by atoms with Gasteiger partial charge in [0.1, 0.15) is 31.1 Å². The maximum Gasteiger partial charge on any atom is 0.348 e. The van der Waals surface area contributed by atoms with Crippen LogP contribution in [-0.2, 0) is 66.9 Å². The Morgan fingerprint density at radius 1 is 0.716 bits per heavy atom. The molecular formula is C50H104F3N4O15PS. The molecule has 2 amide bonds. The first kappa shape index (κ1) is 81.1. The average molecular weight is 1120 g/mol. The predicted molar refractivity (Wildman–Crippen MR) is 290 cm³/mol. The fourth-order valence-electron chi connectivity index (χ4n) is 6.57. The highest BCUT2D eigenvalue weighted by Crippen LogP contribution is 2.34.